The molecule has 37 heavy (non-hydrogen) atoms. The van der Waals surface area contributed by atoms with E-state index in [0.717, 1.165) is 46.8 Å². The molecule has 0 bridgehead atoms. The second kappa shape index (κ2) is 9.83. The standard InChI is InChI=1S/C35H28O2/c1-3-10-27(36-33-15-8-4-11-24(33)2)20-17-25-18-21-29(30-13-6-5-12-28(25)30)26-19-22-35-32(23-26)31-14-7-9-16-34(31)37-35/h3-8,10-15,17-23H,1,9,16H2,2H3/b20-17-,27-10+. The lowest BCUT2D eigenvalue weighted by Crippen LogP contribution is -1.94. The van der Waals surface area contributed by atoms with Gasteiger partial charge < -0.3 is 9.15 Å². The van der Waals surface area contributed by atoms with Crippen molar-refractivity contribution in [1.29, 1.82) is 0 Å². The first kappa shape index (κ1) is 22.9. The Hall–Kier alpha value is -4.56. The SMILES string of the molecule is C=C/C=C(\C=C/c1ccc(-c2ccc3oc4c(c3c2)C=CCC4)c2ccccc12)Oc1ccccc1C. The van der Waals surface area contributed by atoms with E-state index in [1.165, 1.54) is 32.8 Å². The van der Waals surface area contributed by atoms with Gasteiger partial charge in [0.15, 0.2) is 0 Å². The Morgan fingerprint density at radius 2 is 1.76 bits per heavy atom. The minimum atomic E-state index is 0.737. The number of benzene rings is 4. The molecule has 0 saturated carbocycles. The van der Waals surface area contributed by atoms with Crippen molar-refractivity contribution >= 4 is 33.9 Å². The van der Waals surface area contributed by atoms with Crippen LogP contribution in [0.25, 0.3) is 45.0 Å². The number of hydrogen-bond acceptors (Lipinski definition) is 2. The molecule has 1 aliphatic rings. The zero-order chi connectivity index (χ0) is 25.2. The molecule has 0 saturated heterocycles. The van der Waals surface area contributed by atoms with E-state index in [0.29, 0.717) is 0 Å². The summed E-state index contributed by atoms with van der Waals surface area (Å²) < 4.78 is 12.3. The van der Waals surface area contributed by atoms with Crippen molar-refractivity contribution in [3.8, 4) is 16.9 Å². The Kier molecular flexibility index (Phi) is 6.08. The van der Waals surface area contributed by atoms with Gasteiger partial charge in [-0.2, -0.15) is 0 Å². The van der Waals surface area contributed by atoms with Gasteiger partial charge >= 0.3 is 0 Å². The van der Waals surface area contributed by atoms with Crippen molar-refractivity contribution in [2.45, 2.75) is 19.8 Å². The molecule has 0 unspecified atom stereocenters. The van der Waals surface area contributed by atoms with Gasteiger partial charge in [-0.15, -0.1) is 0 Å². The highest BCUT2D eigenvalue weighted by Gasteiger charge is 2.16. The zero-order valence-electron chi connectivity index (χ0n) is 20.9. The smallest absolute Gasteiger partial charge is 0.134 e. The quantitative estimate of drug-likeness (QED) is 0.178. The fraction of sp³-hybridized carbons (Fsp3) is 0.0857. The molecule has 0 radical (unpaired) electrons. The number of aryl methyl sites for hydroxylation is 2. The van der Waals surface area contributed by atoms with Crippen LogP contribution in [-0.2, 0) is 6.42 Å². The van der Waals surface area contributed by atoms with Crippen LogP contribution in [0.15, 0.2) is 120 Å². The molecule has 1 aromatic heterocycles. The second-order valence-electron chi connectivity index (χ2n) is 9.34. The Balaban J connectivity index is 1.39. The van der Waals surface area contributed by atoms with Crippen LogP contribution in [0.3, 0.4) is 0 Å². The third kappa shape index (κ3) is 4.43. The van der Waals surface area contributed by atoms with E-state index in [9.17, 15) is 0 Å². The summed E-state index contributed by atoms with van der Waals surface area (Å²) in [7, 11) is 0. The Bertz CT molecular complexity index is 1730. The maximum atomic E-state index is 6.18. The Labute approximate surface area is 217 Å². The first-order valence-corrected chi connectivity index (χ1v) is 12.7. The van der Waals surface area contributed by atoms with Gasteiger partial charge in [-0.1, -0.05) is 91.5 Å². The van der Waals surface area contributed by atoms with Crippen LogP contribution in [-0.4, -0.2) is 0 Å². The van der Waals surface area contributed by atoms with Gasteiger partial charge in [0.05, 0.1) is 0 Å². The fourth-order valence-electron chi connectivity index (χ4n) is 5.05. The van der Waals surface area contributed by atoms with E-state index in [2.05, 4.69) is 79.4 Å². The normalized spacial score (nSPS) is 13.4. The minimum Gasteiger partial charge on any atom is -0.460 e. The number of para-hydroxylation sites is 1. The van der Waals surface area contributed by atoms with Crippen molar-refractivity contribution in [1.82, 2.24) is 0 Å². The number of rotatable bonds is 6. The van der Waals surface area contributed by atoms with E-state index in [4.69, 9.17) is 9.15 Å². The average Bonchev–Trinajstić information content (AvgIpc) is 3.31. The zero-order valence-corrected chi connectivity index (χ0v) is 20.9. The molecule has 5 aromatic rings. The molecule has 4 aromatic carbocycles. The topological polar surface area (TPSA) is 22.4 Å². The maximum absolute atomic E-state index is 6.18. The molecule has 0 amide bonds. The van der Waals surface area contributed by atoms with Crippen LogP contribution in [0.5, 0.6) is 5.75 Å². The number of allylic oxidation sites excluding steroid dienone is 4. The predicted octanol–water partition coefficient (Wildman–Crippen LogP) is 9.68. The summed E-state index contributed by atoms with van der Waals surface area (Å²) in [5.74, 6) is 2.67. The molecule has 0 fully saturated rings. The van der Waals surface area contributed by atoms with Crippen LogP contribution < -0.4 is 4.74 Å². The van der Waals surface area contributed by atoms with Gasteiger partial charge in [-0.05, 0) is 76.7 Å². The van der Waals surface area contributed by atoms with Crippen molar-refractivity contribution in [2.75, 3.05) is 0 Å². The Morgan fingerprint density at radius 3 is 2.62 bits per heavy atom. The van der Waals surface area contributed by atoms with E-state index < -0.39 is 0 Å². The van der Waals surface area contributed by atoms with Gasteiger partial charge in [0.1, 0.15) is 22.9 Å². The van der Waals surface area contributed by atoms with E-state index in [1.807, 2.05) is 43.3 Å². The lowest BCUT2D eigenvalue weighted by molar-refractivity contribution is 0.442. The van der Waals surface area contributed by atoms with Crippen molar-refractivity contribution < 1.29 is 9.15 Å². The van der Waals surface area contributed by atoms with Gasteiger partial charge in [-0.3, -0.25) is 0 Å². The molecule has 1 aliphatic carbocycles. The molecule has 0 aliphatic heterocycles. The van der Waals surface area contributed by atoms with Crippen LogP contribution >= 0.6 is 0 Å². The van der Waals surface area contributed by atoms with Crippen molar-refractivity contribution in [3.63, 3.8) is 0 Å². The molecule has 0 N–H and O–H groups in total. The first-order chi connectivity index (χ1) is 18.2. The molecular formula is C35H28O2. The van der Waals surface area contributed by atoms with Crippen LogP contribution in [0.4, 0.5) is 0 Å². The third-order valence-electron chi connectivity index (χ3n) is 6.93. The molecule has 0 atom stereocenters. The molecule has 2 heteroatoms. The van der Waals surface area contributed by atoms with Crippen LogP contribution in [0.1, 0.15) is 28.9 Å². The van der Waals surface area contributed by atoms with Gasteiger partial charge in [-0.25, -0.2) is 0 Å². The third-order valence-corrected chi connectivity index (χ3v) is 6.93. The monoisotopic (exact) mass is 480 g/mol. The highest BCUT2D eigenvalue weighted by molar-refractivity contribution is 6.03. The fourth-order valence-corrected chi connectivity index (χ4v) is 5.05. The van der Waals surface area contributed by atoms with E-state index in [-0.39, 0.29) is 0 Å². The lowest BCUT2D eigenvalue weighted by Gasteiger charge is -2.11. The summed E-state index contributed by atoms with van der Waals surface area (Å²) in [6, 6.07) is 27.5. The summed E-state index contributed by atoms with van der Waals surface area (Å²) in [5.41, 5.74) is 6.81. The second-order valence-corrected chi connectivity index (χ2v) is 9.34. The molecule has 1 heterocycles. The lowest BCUT2D eigenvalue weighted by atomic mass is 9.93. The summed E-state index contributed by atoms with van der Waals surface area (Å²) in [5, 5.41) is 3.59. The van der Waals surface area contributed by atoms with Crippen LogP contribution in [0.2, 0.25) is 0 Å². The van der Waals surface area contributed by atoms with E-state index in [1.54, 1.807) is 6.08 Å². The van der Waals surface area contributed by atoms with Crippen molar-refractivity contribution in [2.24, 2.45) is 0 Å². The van der Waals surface area contributed by atoms with Crippen molar-refractivity contribution in [3.05, 3.63) is 138 Å². The highest BCUT2D eigenvalue weighted by atomic mass is 16.5. The van der Waals surface area contributed by atoms with Gasteiger partial charge in [0.2, 0.25) is 0 Å². The molecule has 0 spiro atoms. The minimum absolute atomic E-state index is 0.737. The number of hydrogen-bond donors (Lipinski definition) is 0. The number of ether oxygens (including phenoxy) is 1. The summed E-state index contributed by atoms with van der Waals surface area (Å²) in [6.07, 6.45) is 14.2. The average molecular weight is 481 g/mol. The molecular weight excluding hydrogens is 452 g/mol. The first-order valence-electron chi connectivity index (χ1n) is 12.7. The molecule has 2 nitrogen and oxygen atoms in total. The van der Waals surface area contributed by atoms with Crippen LogP contribution in [0, 0.1) is 6.92 Å². The number of fused-ring (bicyclic) bond motifs is 4. The summed E-state index contributed by atoms with van der Waals surface area (Å²) >= 11 is 0. The number of furan rings is 1. The maximum Gasteiger partial charge on any atom is 0.134 e. The molecule has 180 valence electrons. The largest absolute Gasteiger partial charge is 0.460 e. The predicted molar refractivity (Wildman–Crippen MR) is 156 cm³/mol. The van der Waals surface area contributed by atoms with Gasteiger partial charge in [0, 0.05) is 17.4 Å². The Morgan fingerprint density at radius 1 is 0.919 bits per heavy atom. The highest BCUT2D eigenvalue weighted by Crippen LogP contribution is 2.37. The summed E-state index contributed by atoms with van der Waals surface area (Å²) in [6.45, 7) is 5.90. The molecule has 6 rings (SSSR count). The summed E-state index contributed by atoms with van der Waals surface area (Å²) in [4.78, 5) is 0. The van der Waals surface area contributed by atoms with Gasteiger partial charge in [0.25, 0.3) is 0 Å². The van der Waals surface area contributed by atoms with E-state index >= 15 is 0 Å².